The van der Waals surface area contributed by atoms with Crippen LogP contribution in [0, 0.1) is 6.92 Å². The molecule has 0 radical (unpaired) electrons. The smallest absolute Gasteiger partial charge is 0.287 e. The molecule has 0 spiro atoms. The topological polar surface area (TPSA) is 82.8 Å². The second kappa shape index (κ2) is 6.32. The van der Waals surface area contributed by atoms with Gasteiger partial charge in [0.15, 0.2) is 11.2 Å². The maximum absolute atomic E-state index is 11.7. The van der Waals surface area contributed by atoms with Crippen molar-refractivity contribution in [2.24, 2.45) is 0 Å². The molecule has 0 bridgehead atoms. The minimum absolute atomic E-state index is 0.0444. The zero-order valence-corrected chi connectivity index (χ0v) is 10.8. The number of aliphatic hydroxyl groups excluding tert-OH is 1. The number of likely N-dealkylation sites (N-methyl/N-ethyl adjacent to an activating group) is 1. The number of amides is 1. The molecular weight excluding hydrogens is 236 g/mol. The van der Waals surface area contributed by atoms with E-state index in [9.17, 15) is 14.7 Å². The van der Waals surface area contributed by atoms with Crippen LogP contribution in [-0.2, 0) is 0 Å². The third kappa shape index (κ3) is 4.68. The number of rotatable bonds is 5. The molecule has 0 aromatic carbocycles. The lowest BCUT2D eigenvalue weighted by Gasteiger charge is -2.16. The zero-order valence-electron chi connectivity index (χ0n) is 10.8. The number of nitrogens with zero attached hydrogens (tertiary/aromatic N) is 1. The Kier molecular flexibility index (Phi) is 5.06. The number of hydrogen-bond acceptors (Lipinski definition) is 5. The van der Waals surface area contributed by atoms with Crippen molar-refractivity contribution in [3.8, 4) is 0 Å². The van der Waals surface area contributed by atoms with Crippen molar-refractivity contribution in [1.29, 1.82) is 0 Å². The first-order valence-electron chi connectivity index (χ1n) is 5.61. The number of hydrogen-bond donors (Lipinski definition) is 2. The summed E-state index contributed by atoms with van der Waals surface area (Å²) in [4.78, 5) is 24.7. The van der Waals surface area contributed by atoms with Gasteiger partial charge in [0.1, 0.15) is 5.76 Å². The van der Waals surface area contributed by atoms with E-state index >= 15 is 0 Å². The summed E-state index contributed by atoms with van der Waals surface area (Å²) >= 11 is 0. The summed E-state index contributed by atoms with van der Waals surface area (Å²) < 4.78 is 5.13. The minimum atomic E-state index is -0.666. The molecule has 6 heteroatoms. The van der Waals surface area contributed by atoms with Crippen molar-refractivity contribution in [3.05, 3.63) is 33.9 Å². The molecule has 1 aromatic rings. The quantitative estimate of drug-likeness (QED) is 0.747. The van der Waals surface area contributed by atoms with E-state index in [0.717, 1.165) is 6.07 Å². The highest BCUT2D eigenvalue weighted by Crippen LogP contribution is 2.00. The van der Waals surface area contributed by atoms with Crippen LogP contribution in [0.3, 0.4) is 0 Å². The fourth-order valence-corrected chi connectivity index (χ4v) is 1.50. The van der Waals surface area contributed by atoms with Crippen molar-refractivity contribution in [2.45, 2.75) is 13.0 Å². The van der Waals surface area contributed by atoms with Gasteiger partial charge in [-0.15, -0.1) is 0 Å². The Hall–Kier alpha value is -1.66. The Morgan fingerprint density at radius 2 is 2.17 bits per heavy atom. The van der Waals surface area contributed by atoms with Crippen LogP contribution in [0.15, 0.2) is 21.3 Å². The van der Waals surface area contributed by atoms with Crippen LogP contribution < -0.4 is 10.7 Å². The monoisotopic (exact) mass is 254 g/mol. The van der Waals surface area contributed by atoms with Gasteiger partial charge < -0.3 is 19.7 Å². The molecule has 1 aromatic heterocycles. The molecule has 18 heavy (non-hydrogen) atoms. The number of aryl methyl sites for hydroxylation is 1. The van der Waals surface area contributed by atoms with Crippen LogP contribution in [0.25, 0.3) is 0 Å². The second-order valence-corrected chi connectivity index (χ2v) is 4.39. The van der Waals surface area contributed by atoms with E-state index in [1.54, 1.807) is 6.92 Å². The van der Waals surface area contributed by atoms with Crippen LogP contribution in [-0.4, -0.2) is 49.2 Å². The van der Waals surface area contributed by atoms with Gasteiger partial charge in [-0.2, -0.15) is 0 Å². The minimum Gasteiger partial charge on any atom is -0.456 e. The lowest BCUT2D eigenvalue weighted by molar-refractivity contribution is 0.0862. The first-order valence-corrected chi connectivity index (χ1v) is 5.61. The fourth-order valence-electron chi connectivity index (χ4n) is 1.50. The molecule has 0 fully saturated rings. The predicted molar refractivity (Wildman–Crippen MR) is 66.6 cm³/mol. The standard InChI is InChI=1S/C12H18N2O4/c1-8-4-9(15)5-11(18-8)12(17)13-6-10(16)7-14(2)3/h4-5,10,16H,6-7H2,1-3H3,(H,13,17)/t10-/m1/s1. The molecule has 0 aliphatic carbocycles. The summed E-state index contributed by atoms with van der Waals surface area (Å²) in [7, 11) is 3.65. The lowest BCUT2D eigenvalue weighted by atomic mass is 10.3. The van der Waals surface area contributed by atoms with Crippen molar-refractivity contribution in [1.82, 2.24) is 10.2 Å². The second-order valence-electron chi connectivity index (χ2n) is 4.39. The Morgan fingerprint density at radius 1 is 1.50 bits per heavy atom. The van der Waals surface area contributed by atoms with E-state index in [-0.39, 0.29) is 17.7 Å². The predicted octanol–water partition coefficient (Wildman–Crippen LogP) is -0.399. The van der Waals surface area contributed by atoms with Crippen LogP contribution in [0.4, 0.5) is 0 Å². The van der Waals surface area contributed by atoms with E-state index in [1.807, 2.05) is 19.0 Å². The van der Waals surface area contributed by atoms with Crippen LogP contribution in [0.1, 0.15) is 16.3 Å². The average molecular weight is 254 g/mol. The van der Waals surface area contributed by atoms with Crippen molar-refractivity contribution >= 4 is 5.91 Å². The van der Waals surface area contributed by atoms with E-state index in [4.69, 9.17) is 4.42 Å². The molecule has 1 heterocycles. The van der Waals surface area contributed by atoms with Crippen LogP contribution in [0.2, 0.25) is 0 Å². The molecule has 6 nitrogen and oxygen atoms in total. The first kappa shape index (κ1) is 14.4. The van der Waals surface area contributed by atoms with Gasteiger partial charge in [0, 0.05) is 25.2 Å². The fraction of sp³-hybridized carbons (Fsp3) is 0.500. The van der Waals surface area contributed by atoms with Gasteiger partial charge >= 0.3 is 0 Å². The van der Waals surface area contributed by atoms with Gasteiger partial charge in [0.25, 0.3) is 5.91 Å². The third-order valence-corrected chi connectivity index (χ3v) is 2.19. The lowest BCUT2D eigenvalue weighted by Crippen LogP contribution is -2.37. The third-order valence-electron chi connectivity index (χ3n) is 2.19. The van der Waals surface area contributed by atoms with Crippen molar-refractivity contribution < 1.29 is 14.3 Å². The Bertz CT molecular complexity index is 467. The summed E-state index contributed by atoms with van der Waals surface area (Å²) in [5, 5.41) is 12.1. The highest BCUT2D eigenvalue weighted by Gasteiger charge is 2.12. The maximum atomic E-state index is 11.7. The summed E-state index contributed by atoms with van der Waals surface area (Å²) in [5.41, 5.74) is -0.280. The van der Waals surface area contributed by atoms with Crippen molar-refractivity contribution in [3.63, 3.8) is 0 Å². The molecule has 0 saturated heterocycles. The molecule has 0 aliphatic rings. The molecule has 0 aliphatic heterocycles. The Morgan fingerprint density at radius 3 is 2.72 bits per heavy atom. The number of carbonyl (C=O) groups excluding carboxylic acids is 1. The molecule has 0 saturated carbocycles. The molecule has 1 amide bonds. The average Bonchev–Trinajstić information content (AvgIpc) is 2.23. The highest BCUT2D eigenvalue weighted by atomic mass is 16.3. The Balaban J connectivity index is 2.58. The number of aliphatic hydroxyl groups is 1. The van der Waals surface area contributed by atoms with Crippen LogP contribution in [0.5, 0.6) is 0 Å². The molecular formula is C12H18N2O4. The van der Waals surface area contributed by atoms with Crippen molar-refractivity contribution in [2.75, 3.05) is 27.2 Å². The summed E-state index contributed by atoms with van der Waals surface area (Å²) in [6.45, 7) is 2.14. The van der Waals surface area contributed by atoms with Gasteiger partial charge in [-0.1, -0.05) is 0 Å². The summed E-state index contributed by atoms with van der Waals surface area (Å²) in [6.07, 6.45) is -0.666. The summed E-state index contributed by atoms with van der Waals surface area (Å²) in [6, 6.07) is 2.43. The summed E-state index contributed by atoms with van der Waals surface area (Å²) in [5.74, 6) is -0.174. The normalized spacial score (nSPS) is 12.5. The van der Waals surface area contributed by atoms with Gasteiger partial charge in [-0.05, 0) is 21.0 Å². The van der Waals surface area contributed by atoms with Gasteiger partial charge in [-0.25, -0.2) is 0 Å². The Labute approximate surface area is 105 Å². The number of carbonyl (C=O) groups is 1. The van der Waals surface area contributed by atoms with E-state index < -0.39 is 12.0 Å². The first-order chi connectivity index (χ1) is 8.38. The molecule has 1 atom stereocenters. The molecule has 1 rings (SSSR count). The van der Waals surface area contributed by atoms with Gasteiger partial charge in [0.05, 0.1) is 6.10 Å². The SMILES string of the molecule is Cc1cc(=O)cc(C(=O)NC[C@@H](O)CN(C)C)o1. The van der Waals surface area contributed by atoms with E-state index in [2.05, 4.69) is 5.32 Å². The zero-order chi connectivity index (χ0) is 13.7. The van der Waals surface area contributed by atoms with Crippen LogP contribution >= 0.6 is 0 Å². The number of nitrogens with one attached hydrogen (secondary N) is 1. The molecule has 100 valence electrons. The van der Waals surface area contributed by atoms with E-state index in [1.165, 1.54) is 6.07 Å². The maximum Gasteiger partial charge on any atom is 0.287 e. The molecule has 0 unspecified atom stereocenters. The van der Waals surface area contributed by atoms with Gasteiger partial charge in [0.2, 0.25) is 0 Å². The highest BCUT2D eigenvalue weighted by molar-refractivity contribution is 5.91. The largest absolute Gasteiger partial charge is 0.456 e. The van der Waals surface area contributed by atoms with Gasteiger partial charge in [-0.3, -0.25) is 9.59 Å². The molecule has 2 N–H and O–H groups in total. The van der Waals surface area contributed by atoms with E-state index in [0.29, 0.717) is 12.3 Å².